The first-order valence-corrected chi connectivity index (χ1v) is 12.5. The molecule has 2 atom stereocenters. The van der Waals surface area contributed by atoms with Crippen LogP contribution in [-0.2, 0) is 34.2 Å². The number of carboxylic acid groups (broad SMARTS) is 2. The number of hydrogen-bond donors (Lipinski definition) is 6. The van der Waals surface area contributed by atoms with Crippen LogP contribution in [0.25, 0.3) is 0 Å². The van der Waals surface area contributed by atoms with Crippen molar-refractivity contribution in [1.29, 1.82) is 5.41 Å². The lowest BCUT2D eigenvalue weighted by Gasteiger charge is -2.23. The molecule has 4 amide bonds. The molecule has 1 aliphatic heterocycles. The summed E-state index contributed by atoms with van der Waals surface area (Å²) in [5, 5.41) is 28.5. The Morgan fingerprint density at radius 1 is 1.05 bits per heavy atom. The van der Waals surface area contributed by atoms with E-state index in [1.807, 2.05) is 6.07 Å². The Bertz CT molecular complexity index is 1360. The first-order valence-electron chi connectivity index (χ1n) is 12.5. The molecule has 14 nitrogen and oxygen atoms in total. The van der Waals surface area contributed by atoms with Crippen molar-refractivity contribution in [2.24, 2.45) is 5.73 Å². The average molecular weight is 582 g/mol. The predicted molar refractivity (Wildman–Crippen MR) is 148 cm³/mol. The number of nitrogens with two attached hydrogens (primary N) is 1. The minimum absolute atomic E-state index is 0.0933. The molecule has 0 aliphatic carbocycles. The molecule has 3 rings (SSSR count). The Balaban J connectivity index is 0.000000675. The lowest BCUT2D eigenvalue weighted by molar-refractivity contribution is -0.144. The molecule has 1 saturated heterocycles. The van der Waals surface area contributed by atoms with Crippen molar-refractivity contribution in [3.05, 3.63) is 83.4 Å². The second kappa shape index (κ2) is 14.7. The SMILES string of the molecule is CCOC(=O)CC(NC(=O)CN1C(=O)NC(C)(c2ccc(C(=N)N)cc2)C1=O)c1ccccc1.O=C(O)/C=C/C(=O)O. The monoisotopic (exact) mass is 581 g/mol. The van der Waals surface area contributed by atoms with Gasteiger partial charge in [0.25, 0.3) is 5.91 Å². The number of rotatable bonds is 11. The summed E-state index contributed by atoms with van der Waals surface area (Å²) in [6.45, 7) is 2.93. The van der Waals surface area contributed by atoms with E-state index in [0.717, 1.165) is 4.90 Å². The zero-order valence-corrected chi connectivity index (χ0v) is 22.8. The van der Waals surface area contributed by atoms with Gasteiger partial charge in [0.15, 0.2) is 0 Å². The number of esters is 1. The summed E-state index contributed by atoms with van der Waals surface area (Å²) in [5.41, 5.74) is 5.75. The van der Waals surface area contributed by atoms with Crippen LogP contribution in [0.1, 0.15) is 43.0 Å². The normalized spacial score (nSPS) is 16.6. The Morgan fingerprint density at radius 2 is 1.62 bits per heavy atom. The molecule has 0 bridgehead atoms. The fraction of sp³-hybridized carbons (Fsp3) is 0.250. The number of benzene rings is 2. The van der Waals surface area contributed by atoms with Gasteiger partial charge in [0.05, 0.1) is 19.1 Å². The van der Waals surface area contributed by atoms with E-state index in [9.17, 15) is 28.8 Å². The maximum absolute atomic E-state index is 13.1. The van der Waals surface area contributed by atoms with Crippen molar-refractivity contribution in [3.8, 4) is 0 Å². The lowest BCUT2D eigenvalue weighted by Crippen LogP contribution is -2.44. The van der Waals surface area contributed by atoms with Gasteiger partial charge in [-0.3, -0.25) is 24.7 Å². The number of carbonyl (C=O) groups is 6. The van der Waals surface area contributed by atoms with Crippen molar-refractivity contribution in [1.82, 2.24) is 15.5 Å². The quantitative estimate of drug-likeness (QED) is 0.0731. The van der Waals surface area contributed by atoms with Crippen LogP contribution in [0, 0.1) is 5.41 Å². The molecule has 1 heterocycles. The largest absolute Gasteiger partial charge is 0.478 e. The number of urea groups is 1. The van der Waals surface area contributed by atoms with E-state index in [-0.39, 0.29) is 18.9 Å². The highest BCUT2D eigenvalue weighted by atomic mass is 16.5. The first-order chi connectivity index (χ1) is 19.8. The molecule has 42 heavy (non-hydrogen) atoms. The van der Waals surface area contributed by atoms with Gasteiger partial charge < -0.3 is 31.3 Å². The third-order valence-electron chi connectivity index (χ3n) is 5.93. The highest BCUT2D eigenvalue weighted by Gasteiger charge is 2.49. The molecule has 1 fully saturated rings. The minimum atomic E-state index is -1.38. The van der Waals surface area contributed by atoms with Crippen molar-refractivity contribution in [2.45, 2.75) is 31.8 Å². The van der Waals surface area contributed by atoms with Crippen LogP contribution in [0.4, 0.5) is 4.79 Å². The van der Waals surface area contributed by atoms with Gasteiger partial charge in [0.2, 0.25) is 5.91 Å². The molecule has 2 aromatic rings. The van der Waals surface area contributed by atoms with Crippen molar-refractivity contribution < 1.29 is 43.7 Å². The number of carboxylic acids is 2. The van der Waals surface area contributed by atoms with E-state index in [1.165, 1.54) is 0 Å². The van der Waals surface area contributed by atoms with E-state index in [2.05, 4.69) is 10.6 Å². The zero-order chi connectivity index (χ0) is 31.4. The van der Waals surface area contributed by atoms with Crippen LogP contribution in [0.2, 0.25) is 0 Å². The van der Waals surface area contributed by atoms with Crippen LogP contribution in [0.15, 0.2) is 66.7 Å². The number of amidine groups is 1. The minimum Gasteiger partial charge on any atom is -0.478 e. The molecule has 0 spiro atoms. The third-order valence-corrected chi connectivity index (χ3v) is 5.93. The van der Waals surface area contributed by atoms with E-state index < -0.39 is 53.9 Å². The molecular weight excluding hydrogens is 550 g/mol. The molecule has 2 unspecified atom stereocenters. The standard InChI is InChI=1S/C24H27N5O5.C4H4O4/c1-3-34-20(31)13-18(15-7-5-4-6-8-15)27-19(30)14-29-22(32)24(2,28-23(29)33)17-11-9-16(10-12-17)21(25)26;5-3(6)1-2-4(7)8/h4-12,18H,3,13-14H2,1-2H3,(H3,25,26)(H,27,30)(H,28,33);1-2H,(H,5,6)(H,7,8)/b;2-1+. The van der Waals surface area contributed by atoms with Gasteiger partial charge >= 0.3 is 23.9 Å². The summed E-state index contributed by atoms with van der Waals surface area (Å²) < 4.78 is 5.00. The van der Waals surface area contributed by atoms with E-state index in [0.29, 0.717) is 28.8 Å². The van der Waals surface area contributed by atoms with Crippen molar-refractivity contribution >= 4 is 41.6 Å². The Labute approximate surface area is 240 Å². The summed E-state index contributed by atoms with van der Waals surface area (Å²) in [4.78, 5) is 70.5. The molecule has 7 N–H and O–H groups in total. The van der Waals surface area contributed by atoms with Gasteiger partial charge in [-0.2, -0.15) is 0 Å². The number of imide groups is 1. The third kappa shape index (κ3) is 9.01. The number of nitrogens with one attached hydrogen (secondary N) is 3. The number of nitrogen functional groups attached to an aromatic ring is 1. The average Bonchev–Trinajstić information content (AvgIpc) is 3.16. The maximum atomic E-state index is 13.1. The number of nitrogens with zero attached hydrogens (tertiary/aromatic N) is 1. The van der Waals surface area contributed by atoms with Crippen LogP contribution in [0.5, 0.6) is 0 Å². The highest BCUT2D eigenvalue weighted by Crippen LogP contribution is 2.29. The van der Waals surface area contributed by atoms with Crippen molar-refractivity contribution in [2.75, 3.05) is 13.2 Å². The number of amides is 4. The molecule has 0 saturated carbocycles. The van der Waals surface area contributed by atoms with Gasteiger partial charge in [-0.05, 0) is 25.0 Å². The summed E-state index contributed by atoms with van der Waals surface area (Å²) in [7, 11) is 0. The molecule has 0 aromatic heterocycles. The van der Waals surface area contributed by atoms with Gasteiger partial charge in [0, 0.05) is 17.7 Å². The maximum Gasteiger partial charge on any atom is 0.328 e. The van der Waals surface area contributed by atoms with Gasteiger partial charge in [-0.15, -0.1) is 0 Å². The topological polar surface area (TPSA) is 229 Å². The molecular formula is C28H31N5O9. The van der Waals surface area contributed by atoms with Crippen LogP contribution in [0.3, 0.4) is 0 Å². The van der Waals surface area contributed by atoms with Gasteiger partial charge in [-0.1, -0.05) is 54.6 Å². The summed E-state index contributed by atoms with van der Waals surface area (Å²) in [6.07, 6.45) is 1.02. The molecule has 1 aliphatic rings. The lowest BCUT2D eigenvalue weighted by atomic mass is 9.91. The zero-order valence-electron chi connectivity index (χ0n) is 22.8. The van der Waals surface area contributed by atoms with Crippen LogP contribution in [-0.4, -0.2) is 69.9 Å². The number of aliphatic carboxylic acids is 2. The Kier molecular flexibility index (Phi) is 11.5. The number of hydrogen-bond acceptors (Lipinski definition) is 8. The fourth-order valence-corrected chi connectivity index (χ4v) is 3.87. The van der Waals surface area contributed by atoms with Crippen LogP contribution >= 0.6 is 0 Å². The summed E-state index contributed by atoms with van der Waals surface area (Å²) >= 11 is 0. The number of ether oxygens (including phenoxy) is 1. The van der Waals surface area contributed by atoms with E-state index >= 15 is 0 Å². The molecule has 14 heteroatoms. The predicted octanol–water partition coefficient (Wildman–Crippen LogP) is 1.26. The van der Waals surface area contributed by atoms with Gasteiger partial charge in [-0.25, -0.2) is 14.4 Å². The highest BCUT2D eigenvalue weighted by molar-refractivity contribution is 6.09. The molecule has 2 aromatic carbocycles. The number of carbonyl (C=O) groups excluding carboxylic acids is 4. The first kappa shape index (κ1) is 32.7. The fourth-order valence-electron chi connectivity index (χ4n) is 3.87. The smallest absolute Gasteiger partial charge is 0.328 e. The van der Waals surface area contributed by atoms with Crippen LogP contribution < -0.4 is 16.4 Å². The second-order valence-corrected chi connectivity index (χ2v) is 8.99. The van der Waals surface area contributed by atoms with Crippen molar-refractivity contribution in [3.63, 3.8) is 0 Å². The molecule has 0 radical (unpaired) electrons. The summed E-state index contributed by atoms with van der Waals surface area (Å²) in [6, 6.07) is 13.9. The molecule has 222 valence electrons. The van der Waals surface area contributed by atoms with Gasteiger partial charge in [0.1, 0.15) is 17.9 Å². The Hall–Kier alpha value is -5.53. The van der Waals surface area contributed by atoms with E-state index in [1.54, 1.807) is 62.4 Å². The Morgan fingerprint density at radius 3 is 2.12 bits per heavy atom. The second-order valence-electron chi connectivity index (χ2n) is 8.99. The summed E-state index contributed by atoms with van der Waals surface area (Å²) in [5.74, 6) is -4.30. The van der Waals surface area contributed by atoms with E-state index in [4.69, 9.17) is 26.1 Å².